The first-order valence-corrected chi connectivity index (χ1v) is 11.8. The Morgan fingerprint density at radius 1 is 1.06 bits per heavy atom. The van der Waals surface area contributed by atoms with Crippen LogP contribution in [0.1, 0.15) is 16.8 Å². The molecule has 36 heavy (non-hydrogen) atoms. The Balaban J connectivity index is 1.77. The molecule has 0 spiro atoms. The molecule has 184 valence electrons. The topological polar surface area (TPSA) is 120 Å². The van der Waals surface area contributed by atoms with Crippen molar-refractivity contribution in [3.05, 3.63) is 105 Å². The monoisotopic (exact) mass is 502 g/mol. The Labute approximate surface area is 214 Å². The first kappa shape index (κ1) is 24.9. The number of anilines is 2. The average Bonchev–Trinajstić information content (AvgIpc) is 2.85. The number of carbonyl (C=O) groups is 1. The number of aryl methyl sites for hydroxylation is 1. The highest BCUT2D eigenvalue weighted by Crippen LogP contribution is 2.22. The third kappa shape index (κ3) is 5.90. The van der Waals surface area contributed by atoms with Gasteiger partial charge in [-0.3, -0.25) is 14.2 Å². The summed E-state index contributed by atoms with van der Waals surface area (Å²) in [5, 5.41) is 0.562. The molecule has 0 saturated heterocycles. The predicted octanol–water partition coefficient (Wildman–Crippen LogP) is 3.58. The quantitative estimate of drug-likeness (QED) is 0.361. The van der Waals surface area contributed by atoms with E-state index in [0.717, 1.165) is 16.8 Å². The fourth-order valence-corrected chi connectivity index (χ4v) is 4.13. The highest BCUT2D eigenvalue weighted by atomic mass is 35.5. The van der Waals surface area contributed by atoms with E-state index in [1.54, 1.807) is 36.5 Å². The van der Waals surface area contributed by atoms with Crippen LogP contribution >= 0.6 is 11.6 Å². The van der Waals surface area contributed by atoms with Gasteiger partial charge in [0.25, 0.3) is 5.56 Å². The molecule has 2 aromatic heterocycles. The zero-order chi connectivity index (χ0) is 25.7. The maximum atomic E-state index is 13.7. The zero-order valence-corrected chi connectivity index (χ0v) is 20.7. The van der Waals surface area contributed by atoms with Gasteiger partial charge in [0.1, 0.15) is 12.4 Å². The lowest BCUT2D eigenvalue weighted by Crippen LogP contribution is -2.37. The van der Waals surface area contributed by atoms with E-state index in [2.05, 4.69) is 9.97 Å². The molecular weight excluding hydrogens is 476 g/mol. The van der Waals surface area contributed by atoms with E-state index >= 15 is 0 Å². The van der Waals surface area contributed by atoms with Crippen molar-refractivity contribution in [2.24, 2.45) is 5.73 Å². The molecule has 4 N–H and O–H groups in total. The molecule has 0 bridgehead atoms. The van der Waals surface area contributed by atoms with Crippen molar-refractivity contribution in [2.75, 3.05) is 17.2 Å². The van der Waals surface area contributed by atoms with Gasteiger partial charge in [0, 0.05) is 23.8 Å². The van der Waals surface area contributed by atoms with Crippen molar-refractivity contribution in [3.63, 3.8) is 0 Å². The van der Waals surface area contributed by atoms with Crippen molar-refractivity contribution in [1.82, 2.24) is 14.5 Å². The number of hydrogen-bond acceptors (Lipinski definition) is 6. The number of carbonyl (C=O) groups excluding carboxylic acids is 1. The second-order valence-corrected chi connectivity index (χ2v) is 8.91. The summed E-state index contributed by atoms with van der Waals surface area (Å²) in [6.07, 6.45) is 2.28. The van der Waals surface area contributed by atoms with Gasteiger partial charge in [0.15, 0.2) is 5.82 Å². The number of nitrogens with two attached hydrogens (primary N) is 2. The summed E-state index contributed by atoms with van der Waals surface area (Å²) in [7, 11) is 0. The summed E-state index contributed by atoms with van der Waals surface area (Å²) in [4.78, 5) is 36.5. The van der Waals surface area contributed by atoms with Crippen LogP contribution in [0.25, 0.3) is 11.3 Å². The van der Waals surface area contributed by atoms with Crippen LogP contribution in [0.3, 0.4) is 0 Å². The van der Waals surface area contributed by atoms with Gasteiger partial charge >= 0.3 is 0 Å². The molecule has 1 amide bonds. The van der Waals surface area contributed by atoms with Crippen LogP contribution in [-0.4, -0.2) is 27.0 Å². The number of primary amides is 1. The van der Waals surface area contributed by atoms with Crippen molar-refractivity contribution in [3.8, 4) is 11.3 Å². The molecule has 0 radical (unpaired) electrons. The molecule has 0 saturated carbocycles. The third-order valence-corrected chi connectivity index (χ3v) is 6.13. The first-order chi connectivity index (χ1) is 17.3. The van der Waals surface area contributed by atoms with Gasteiger partial charge in [-0.05, 0) is 48.2 Å². The van der Waals surface area contributed by atoms with E-state index in [-0.39, 0.29) is 12.4 Å². The lowest BCUT2D eigenvalue weighted by atomic mass is 10.1. The van der Waals surface area contributed by atoms with Gasteiger partial charge < -0.3 is 16.4 Å². The number of benzene rings is 2. The minimum Gasteiger partial charge on any atom is -0.384 e. The van der Waals surface area contributed by atoms with Gasteiger partial charge in [-0.15, -0.1) is 0 Å². The lowest BCUT2D eigenvalue weighted by Gasteiger charge is -2.25. The summed E-state index contributed by atoms with van der Waals surface area (Å²) in [6, 6.07) is 20.6. The Morgan fingerprint density at radius 3 is 2.44 bits per heavy atom. The number of amides is 1. The van der Waals surface area contributed by atoms with Gasteiger partial charge in [0.05, 0.1) is 11.9 Å². The molecule has 4 rings (SSSR count). The summed E-state index contributed by atoms with van der Waals surface area (Å²) in [5.41, 5.74) is 14.9. The number of nitrogens with zero attached hydrogens (tertiary/aromatic N) is 4. The number of aromatic nitrogens is 3. The third-order valence-electron chi connectivity index (χ3n) is 5.88. The maximum Gasteiger partial charge on any atom is 0.294 e. The highest BCUT2D eigenvalue weighted by Gasteiger charge is 2.20. The number of nitrogen functional groups attached to an aromatic ring is 1. The molecule has 0 aliphatic heterocycles. The second-order valence-electron chi connectivity index (χ2n) is 8.47. The van der Waals surface area contributed by atoms with Crippen molar-refractivity contribution in [2.45, 2.75) is 26.4 Å². The van der Waals surface area contributed by atoms with Crippen LogP contribution < -0.4 is 21.9 Å². The molecule has 2 heterocycles. The number of hydrogen-bond donors (Lipinski definition) is 2. The summed E-state index contributed by atoms with van der Waals surface area (Å²) in [5.74, 6) is 0.0290. The molecule has 0 aliphatic carbocycles. The fourth-order valence-electron chi connectivity index (χ4n) is 4.01. The van der Waals surface area contributed by atoms with E-state index in [1.165, 1.54) is 4.57 Å². The Bertz CT molecular complexity index is 1420. The normalized spacial score (nSPS) is 10.8. The van der Waals surface area contributed by atoms with Crippen LogP contribution in [0.2, 0.25) is 5.02 Å². The van der Waals surface area contributed by atoms with Crippen molar-refractivity contribution >= 4 is 29.1 Å². The molecule has 0 atom stereocenters. The molecule has 0 aliphatic rings. The highest BCUT2D eigenvalue weighted by molar-refractivity contribution is 6.30. The van der Waals surface area contributed by atoms with Crippen LogP contribution in [0.4, 0.5) is 11.6 Å². The fraction of sp³-hybridized carbons (Fsp3) is 0.185. The van der Waals surface area contributed by atoms with E-state index in [4.69, 9.17) is 23.1 Å². The summed E-state index contributed by atoms with van der Waals surface area (Å²) in [6.45, 7) is 2.52. The summed E-state index contributed by atoms with van der Waals surface area (Å²) < 4.78 is 1.36. The second kappa shape index (κ2) is 11.0. The number of pyridine rings is 1. The Morgan fingerprint density at radius 2 is 1.78 bits per heavy atom. The van der Waals surface area contributed by atoms with E-state index in [9.17, 15) is 9.59 Å². The summed E-state index contributed by atoms with van der Waals surface area (Å²) >= 11 is 6.03. The van der Waals surface area contributed by atoms with Crippen LogP contribution in [0, 0.1) is 6.92 Å². The molecule has 8 nitrogen and oxygen atoms in total. The number of halogens is 1. The Hall–Kier alpha value is -4.17. The van der Waals surface area contributed by atoms with E-state index in [0.29, 0.717) is 41.6 Å². The molecular formula is C27H27ClN6O2. The van der Waals surface area contributed by atoms with Gasteiger partial charge in [-0.1, -0.05) is 60.1 Å². The van der Waals surface area contributed by atoms with Crippen LogP contribution in [0.5, 0.6) is 0 Å². The smallest absolute Gasteiger partial charge is 0.294 e. The van der Waals surface area contributed by atoms with Crippen molar-refractivity contribution < 1.29 is 4.79 Å². The predicted molar refractivity (Wildman–Crippen MR) is 143 cm³/mol. The SMILES string of the molecule is Cc1nc(N)ccc1CN(CCc1ccccc1)c1ncc(-c2ccc(Cl)cc2)n(CC(N)=O)c1=O. The molecule has 0 fully saturated rings. The molecule has 4 aromatic rings. The van der Waals surface area contributed by atoms with Gasteiger partial charge in [0.2, 0.25) is 5.91 Å². The van der Waals surface area contributed by atoms with Crippen LogP contribution in [-0.2, 0) is 24.3 Å². The largest absolute Gasteiger partial charge is 0.384 e. The van der Waals surface area contributed by atoms with E-state index in [1.807, 2.05) is 48.2 Å². The minimum absolute atomic E-state index is 0.223. The maximum absolute atomic E-state index is 13.7. The van der Waals surface area contributed by atoms with E-state index < -0.39 is 11.5 Å². The van der Waals surface area contributed by atoms with Gasteiger partial charge in [-0.2, -0.15) is 0 Å². The van der Waals surface area contributed by atoms with Gasteiger partial charge in [-0.25, -0.2) is 9.97 Å². The lowest BCUT2D eigenvalue weighted by molar-refractivity contribution is -0.118. The minimum atomic E-state index is -0.626. The Kier molecular flexibility index (Phi) is 7.65. The molecule has 0 unspecified atom stereocenters. The molecule has 2 aromatic carbocycles. The number of rotatable bonds is 9. The zero-order valence-electron chi connectivity index (χ0n) is 19.9. The first-order valence-electron chi connectivity index (χ1n) is 11.5. The van der Waals surface area contributed by atoms with Crippen molar-refractivity contribution in [1.29, 1.82) is 0 Å². The molecule has 9 heteroatoms. The van der Waals surface area contributed by atoms with Crippen LogP contribution in [0.15, 0.2) is 77.7 Å². The standard InChI is InChI=1S/C27H27ClN6O2/c1-18-21(9-12-24(29)32-18)16-33(14-13-19-5-3-2-4-6-19)26-27(36)34(17-25(30)35)23(15-31-26)20-7-10-22(28)11-8-20/h2-12,15H,13-14,16-17H2,1H3,(H2,29,32)(H2,30,35). The average molecular weight is 503 g/mol.